The molecule has 1 aliphatic rings. The number of aliphatic imine (C=N–C) groups is 1. The lowest BCUT2D eigenvalue weighted by Crippen LogP contribution is -2.35. The smallest absolute Gasteiger partial charge is 0.317 e. The number of fused-ring (bicyclic) bond motifs is 4. The van der Waals surface area contributed by atoms with Crippen molar-refractivity contribution in [2.45, 2.75) is 6.23 Å². The first-order chi connectivity index (χ1) is 13.1. The third kappa shape index (κ3) is 3.01. The molecule has 4 rings (SSSR count). The first kappa shape index (κ1) is 17.1. The Kier molecular flexibility index (Phi) is 4.27. The predicted octanol–water partition coefficient (Wildman–Crippen LogP) is 0.529. The van der Waals surface area contributed by atoms with Crippen LogP contribution in [0.25, 0.3) is 16.6 Å². The Labute approximate surface area is 153 Å². The van der Waals surface area contributed by atoms with Gasteiger partial charge in [0.15, 0.2) is 5.82 Å². The van der Waals surface area contributed by atoms with Crippen molar-refractivity contribution in [2.75, 3.05) is 13.1 Å². The highest BCUT2D eigenvalue weighted by atomic mass is 16.4. The molecule has 0 fully saturated rings. The van der Waals surface area contributed by atoms with E-state index in [2.05, 4.69) is 15.3 Å². The second-order valence-corrected chi connectivity index (χ2v) is 6.09. The van der Waals surface area contributed by atoms with E-state index in [0.29, 0.717) is 28.1 Å². The number of hydrogen-bond acceptors (Lipinski definition) is 6. The highest BCUT2D eigenvalue weighted by Crippen LogP contribution is 2.26. The Hall–Kier alpha value is -3.36. The SMILES string of the molecule is O=C(O)CNC(O)CN=C1c2ccccc2-n2c1nc1ccccc1c2=O. The number of benzene rings is 2. The van der Waals surface area contributed by atoms with Crippen LogP contribution in [0.2, 0.25) is 0 Å². The van der Waals surface area contributed by atoms with Crippen LogP contribution in [0.5, 0.6) is 0 Å². The lowest BCUT2D eigenvalue weighted by Gasteiger charge is -2.09. The summed E-state index contributed by atoms with van der Waals surface area (Å²) in [5, 5.41) is 21.6. The first-order valence-electron chi connectivity index (χ1n) is 8.36. The van der Waals surface area contributed by atoms with E-state index >= 15 is 0 Å². The molecule has 0 spiro atoms. The number of rotatable bonds is 5. The van der Waals surface area contributed by atoms with Crippen LogP contribution in [-0.2, 0) is 4.79 Å². The molecule has 0 bridgehead atoms. The molecular weight excluding hydrogens is 348 g/mol. The van der Waals surface area contributed by atoms with Gasteiger partial charge < -0.3 is 10.2 Å². The number of aliphatic hydroxyl groups excluding tert-OH is 1. The van der Waals surface area contributed by atoms with Gasteiger partial charge in [0.05, 0.1) is 29.7 Å². The molecule has 0 radical (unpaired) electrons. The molecule has 0 aliphatic carbocycles. The van der Waals surface area contributed by atoms with Crippen molar-refractivity contribution in [3.63, 3.8) is 0 Å². The summed E-state index contributed by atoms with van der Waals surface area (Å²) in [6, 6.07) is 14.4. The fraction of sp³-hybridized carbons (Fsp3) is 0.158. The van der Waals surface area contributed by atoms with E-state index in [1.54, 1.807) is 18.2 Å². The number of para-hydroxylation sites is 2. The van der Waals surface area contributed by atoms with Crippen LogP contribution in [0, 0.1) is 0 Å². The number of aliphatic carboxylic acids is 1. The molecule has 0 amide bonds. The van der Waals surface area contributed by atoms with Crippen molar-refractivity contribution < 1.29 is 15.0 Å². The summed E-state index contributed by atoms with van der Waals surface area (Å²) < 4.78 is 1.52. The number of aliphatic hydroxyl groups is 1. The third-order valence-corrected chi connectivity index (χ3v) is 4.30. The van der Waals surface area contributed by atoms with E-state index in [1.165, 1.54) is 4.57 Å². The van der Waals surface area contributed by atoms with E-state index in [4.69, 9.17) is 5.11 Å². The van der Waals surface area contributed by atoms with E-state index in [1.807, 2.05) is 30.3 Å². The predicted molar refractivity (Wildman–Crippen MR) is 99.5 cm³/mol. The minimum Gasteiger partial charge on any atom is -0.480 e. The van der Waals surface area contributed by atoms with Gasteiger partial charge >= 0.3 is 5.97 Å². The fourth-order valence-corrected chi connectivity index (χ4v) is 3.11. The summed E-state index contributed by atoms with van der Waals surface area (Å²) in [7, 11) is 0. The topological polar surface area (TPSA) is 117 Å². The van der Waals surface area contributed by atoms with Crippen LogP contribution >= 0.6 is 0 Å². The Morgan fingerprint density at radius 3 is 2.74 bits per heavy atom. The van der Waals surface area contributed by atoms with Gasteiger partial charge in [0.1, 0.15) is 11.9 Å². The van der Waals surface area contributed by atoms with E-state index in [0.717, 1.165) is 5.56 Å². The summed E-state index contributed by atoms with van der Waals surface area (Å²) in [6.45, 7) is -0.443. The van der Waals surface area contributed by atoms with Crippen LogP contribution in [0.15, 0.2) is 58.3 Å². The molecule has 0 saturated heterocycles. The van der Waals surface area contributed by atoms with Crippen molar-refractivity contribution in [3.8, 4) is 5.69 Å². The van der Waals surface area contributed by atoms with Crippen molar-refractivity contribution >= 4 is 22.6 Å². The Morgan fingerprint density at radius 1 is 1.19 bits per heavy atom. The molecule has 27 heavy (non-hydrogen) atoms. The molecule has 1 unspecified atom stereocenters. The van der Waals surface area contributed by atoms with Crippen LogP contribution < -0.4 is 10.9 Å². The second-order valence-electron chi connectivity index (χ2n) is 6.09. The van der Waals surface area contributed by atoms with Gasteiger partial charge in [0.2, 0.25) is 0 Å². The zero-order chi connectivity index (χ0) is 19.0. The summed E-state index contributed by atoms with van der Waals surface area (Å²) in [5.41, 5.74) is 2.30. The maximum Gasteiger partial charge on any atom is 0.317 e. The minimum absolute atomic E-state index is 0.0698. The Balaban J connectivity index is 1.82. The van der Waals surface area contributed by atoms with Gasteiger partial charge in [0, 0.05) is 5.56 Å². The molecule has 8 nitrogen and oxygen atoms in total. The number of carboxylic acids is 1. The summed E-state index contributed by atoms with van der Waals surface area (Å²) in [6.07, 6.45) is -1.12. The molecular formula is C19H16N4O4. The Bertz CT molecular complexity index is 1140. The van der Waals surface area contributed by atoms with Gasteiger partial charge in [-0.3, -0.25) is 24.5 Å². The number of nitrogens with zero attached hydrogens (tertiary/aromatic N) is 3. The highest BCUT2D eigenvalue weighted by molar-refractivity contribution is 6.16. The molecule has 0 saturated carbocycles. The average Bonchev–Trinajstić information content (AvgIpc) is 2.98. The number of aromatic nitrogens is 2. The maximum absolute atomic E-state index is 13.0. The van der Waals surface area contributed by atoms with Crippen molar-refractivity contribution in [1.82, 2.24) is 14.9 Å². The largest absolute Gasteiger partial charge is 0.480 e. The zero-order valence-electron chi connectivity index (χ0n) is 14.2. The summed E-state index contributed by atoms with van der Waals surface area (Å²) >= 11 is 0. The van der Waals surface area contributed by atoms with Gasteiger partial charge in [-0.1, -0.05) is 30.3 Å². The second kappa shape index (κ2) is 6.75. The number of carbonyl (C=O) groups is 1. The number of nitrogens with one attached hydrogen (secondary N) is 1. The van der Waals surface area contributed by atoms with Crippen LogP contribution in [0.4, 0.5) is 0 Å². The van der Waals surface area contributed by atoms with Crippen molar-refractivity contribution in [1.29, 1.82) is 0 Å². The molecule has 1 atom stereocenters. The van der Waals surface area contributed by atoms with Gasteiger partial charge in [-0.25, -0.2) is 4.98 Å². The Morgan fingerprint density at radius 2 is 1.93 bits per heavy atom. The van der Waals surface area contributed by atoms with Crippen molar-refractivity contribution in [3.05, 3.63) is 70.3 Å². The van der Waals surface area contributed by atoms with Gasteiger partial charge in [0.25, 0.3) is 5.56 Å². The molecule has 3 N–H and O–H groups in total. The normalized spacial score (nSPS) is 14.9. The molecule has 136 valence electrons. The van der Waals surface area contributed by atoms with Gasteiger partial charge in [-0.05, 0) is 18.2 Å². The van der Waals surface area contributed by atoms with Gasteiger partial charge in [-0.2, -0.15) is 0 Å². The van der Waals surface area contributed by atoms with Crippen molar-refractivity contribution in [2.24, 2.45) is 4.99 Å². The molecule has 1 aliphatic heterocycles. The highest BCUT2D eigenvalue weighted by Gasteiger charge is 2.28. The van der Waals surface area contributed by atoms with E-state index < -0.39 is 12.2 Å². The minimum atomic E-state index is -1.12. The number of carboxylic acid groups (broad SMARTS) is 1. The molecule has 8 heteroatoms. The fourth-order valence-electron chi connectivity index (χ4n) is 3.11. The lowest BCUT2D eigenvalue weighted by molar-refractivity contribution is -0.136. The molecule has 1 aromatic heterocycles. The third-order valence-electron chi connectivity index (χ3n) is 4.30. The summed E-state index contributed by atoms with van der Waals surface area (Å²) in [4.78, 5) is 32.6. The molecule has 2 heterocycles. The zero-order valence-corrected chi connectivity index (χ0v) is 14.2. The van der Waals surface area contributed by atoms with Crippen LogP contribution in [-0.4, -0.2) is 50.8 Å². The van der Waals surface area contributed by atoms with Gasteiger partial charge in [-0.15, -0.1) is 0 Å². The number of hydrogen-bond donors (Lipinski definition) is 3. The molecule has 3 aromatic rings. The van der Waals surface area contributed by atoms with E-state index in [9.17, 15) is 14.7 Å². The van der Waals surface area contributed by atoms with Crippen LogP contribution in [0.3, 0.4) is 0 Å². The van der Waals surface area contributed by atoms with Crippen LogP contribution in [0.1, 0.15) is 11.4 Å². The standard InChI is InChI=1S/C19H16N4O4/c24-15(20-10-16(25)26)9-21-17-12-6-2-4-8-14(12)23-18(17)22-13-7-3-1-5-11(13)19(23)27/h1-8,15,20,24H,9-10H2,(H,25,26). The maximum atomic E-state index is 13.0. The lowest BCUT2D eigenvalue weighted by atomic mass is 10.1. The monoisotopic (exact) mass is 364 g/mol. The summed E-state index contributed by atoms with van der Waals surface area (Å²) in [5.74, 6) is -0.664. The first-order valence-corrected chi connectivity index (χ1v) is 8.36. The average molecular weight is 364 g/mol. The van der Waals surface area contributed by atoms with E-state index in [-0.39, 0.29) is 18.6 Å². The quantitative estimate of drug-likeness (QED) is 0.445. The molecule has 2 aromatic carbocycles.